The summed E-state index contributed by atoms with van der Waals surface area (Å²) in [5.41, 5.74) is 7.81. The van der Waals surface area contributed by atoms with E-state index in [1.807, 2.05) is 6.07 Å². The van der Waals surface area contributed by atoms with Crippen LogP contribution in [0, 0.1) is 5.92 Å². The van der Waals surface area contributed by atoms with Crippen LogP contribution in [-0.4, -0.2) is 18.6 Å². The van der Waals surface area contributed by atoms with Crippen molar-refractivity contribution in [1.29, 1.82) is 0 Å². The molecular formula is C15H21BrN2S. The summed E-state index contributed by atoms with van der Waals surface area (Å²) in [5, 5.41) is 0. The fraction of sp³-hybridized carbons (Fsp3) is 0.533. The Kier molecular flexibility index (Phi) is 5.22. The first-order chi connectivity index (χ1) is 9.08. The minimum atomic E-state index is 0.438. The van der Waals surface area contributed by atoms with Crippen molar-refractivity contribution >= 4 is 38.8 Å². The second kappa shape index (κ2) is 6.71. The summed E-state index contributed by atoms with van der Waals surface area (Å²) in [6.45, 7) is 1.14. The molecule has 1 fully saturated rings. The van der Waals surface area contributed by atoms with Gasteiger partial charge in [0, 0.05) is 29.3 Å². The van der Waals surface area contributed by atoms with Crippen LogP contribution < -0.4 is 10.6 Å². The highest BCUT2D eigenvalue weighted by Gasteiger charge is 2.16. The van der Waals surface area contributed by atoms with Crippen LogP contribution in [-0.2, 0) is 0 Å². The quantitative estimate of drug-likeness (QED) is 0.836. The SMILES string of the molecule is CN(CC1CCCCC1)c1ccc(C(N)=S)c(Br)c1. The Morgan fingerprint density at radius 3 is 2.63 bits per heavy atom. The fourth-order valence-electron chi connectivity index (χ4n) is 2.80. The normalized spacial score (nSPS) is 16.3. The van der Waals surface area contributed by atoms with Crippen LogP contribution in [0.2, 0.25) is 0 Å². The van der Waals surface area contributed by atoms with E-state index in [4.69, 9.17) is 18.0 Å². The molecule has 0 bridgehead atoms. The average Bonchev–Trinajstić information content (AvgIpc) is 2.39. The molecule has 19 heavy (non-hydrogen) atoms. The molecule has 0 aromatic heterocycles. The highest BCUT2D eigenvalue weighted by atomic mass is 79.9. The predicted molar refractivity (Wildman–Crippen MR) is 89.9 cm³/mol. The zero-order valence-corrected chi connectivity index (χ0v) is 13.8. The molecule has 1 aliphatic rings. The van der Waals surface area contributed by atoms with Crippen LogP contribution >= 0.6 is 28.1 Å². The zero-order chi connectivity index (χ0) is 13.8. The van der Waals surface area contributed by atoms with E-state index in [0.717, 1.165) is 22.5 Å². The first-order valence-corrected chi connectivity index (χ1v) is 8.08. The monoisotopic (exact) mass is 340 g/mol. The summed E-state index contributed by atoms with van der Waals surface area (Å²) in [5.74, 6) is 0.841. The van der Waals surface area contributed by atoms with Crippen molar-refractivity contribution in [2.75, 3.05) is 18.5 Å². The Hall–Kier alpha value is -0.610. The highest BCUT2D eigenvalue weighted by molar-refractivity contribution is 9.10. The first kappa shape index (κ1) is 14.8. The van der Waals surface area contributed by atoms with Crippen molar-refractivity contribution in [2.24, 2.45) is 11.7 Å². The van der Waals surface area contributed by atoms with Gasteiger partial charge in [-0.15, -0.1) is 0 Å². The number of hydrogen-bond donors (Lipinski definition) is 1. The van der Waals surface area contributed by atoms with Crippen LogP contribution in [0.4, 0.5) is 5.69 Å². The molecule has 0 atom stereocenters. The fourth-order valence-corrected chi connectivity index (χ4v) is 3.69. The lowest BCUT2D eigenvalue weighted by molar-refractivity contribution is 0.362. The molecular weight excluding hydrogens is 320 g/mol. The van der Waals surface area contributed by atoms with Gasteiger partial charge in [0.1, 0.15) is 4.99 Å². The lowest BCUT2D eigenvalue weighted by atomic mass is 9.89. The van der Waals surface area contributed by atoms with E-state index in [2.05, 4.69) is 40.0 Å². The van der Waals surface area contributed by atoms with Crippen molar-refractivity contribution in [2.45, 2.75) is 32.1 Å². The average molecular weight is 341 g/mol. The van der Waals surface area contributed by atoms with Crippen LogP contribution in [0.3, 0.4) is 0 Å². The molecule has 0 heterocycles. The molecule has 4 heteroatoms. The molecule has 0 aliphatic heterocycles. The summed E-state index contributed by atoms with van der Waals surface area (Å²) < 4.78 is 0.980. The van der Waals surface area contributed by atoms with E-state index >= 15 is 0 Å². The van der Waals surface area contributed by atoms with E-state index in [9.17, 15) is 0 Å². The van der Waals surface area contributed by atoms with E-state index in [-0.39, 0.29) is 0 Å². The van der Waals surface area contributed by atoms with E-state index in [1.54, 1.807) is 0 Å². The third kappa shape index (κ3) is 3.93. The molecule has 1 aromatic rings. The predicted octanol–water partition coefficient (Wildman–Crippen LogP) is 4.10. The molecule has 1 saturated carbocycles. The van der Waals surface area contributed by atoms with Gasteiger partial charge in [-0.25, -0.2) is 0 Å². The maximum absolute atomic E-state index is 5.68. The Bertz CT molecular complexity index is 455. The molecule has 104 valence electrons. The number of rotatable bonds is 4. The van der Waals surface area contributed by atoms with E-state index in [1.165, 1.54) is 37.8 Å². The molecule has 0 unspecified atom stereocenters. The van der Waals surface area contributed by atoms with Gasteiger partial charge in [0.2, 0.25) is 0 Å². The molecule has 1 aromatic carbocycles. The number of nitrogens with two attached hydrogens (primary N) is 1. The summed E-state index contributed by atoms with van der Waals surface area (Å²) in [6.07, 6.45) is 6.94. The summed E-state index contributed by atoms with van der Waals surface area (Å²) in [4.78, 5) is 2.78. The van der Waals surface area contributed by atoms with Gasteiger partial charge < -0.3 is 10.6 Å². The van der Waals surface area contributed by atoms with Gasteiger partial charge in [-0.05, 0) is 52.9 Å². The van der Waals surface area contributed by atoms with Crippen LogP contribution in [0.25, 0.3) is 0 Å². The van der Waals surface area contributed by atoms with Gasteiger partial charge in [-0.1, -0.05) is 31.5 Å². The minimum absolute atomic E-state index is 0.438. The Morgan fingerprint density at radius 2 is 2.05 bits per heavy atom. The highest BCUT2D eigenvalue weighted by Crippen LogP contribution is 2.28. The standard InChI is InChI=1S/C15H21BrN2S/c1-18(10-11-5-3-2-4-6-11)12-7-8-13(15(17)19)14(16)9-12/h7-9,11H,2-6,10H2,1H3,(H2,17,19). The van der Waals surface area contributed by atoms with Crippen LogP contribution in [0.5, 0.6) is 0 Å². The molecule has 2 N–H and O–H groups in total. The van der Waals surface area contributed by atoms with Crippen LogP contribution in [0.1, 0.15) is 37.7 Å². The molecule has 0 amide bonds. The van der Waals surface area contributed by atoms with Crippen molar-refractivity contribution < 1.29 is 0 Å². The smallest absolute Gasteiger partial charge is 0.105 e. The number of halogens is 1. The second-order valence-electron chi connectivity index (χ2n) is 5.41. The van der Waals surface area contributed by atoms with Crippen molar-refractivity contribution in [3.8, 4) is 0 Å². The summed E-state index contributed by atoms with van der Waals surface area (Å²) in [6, 6.07) is 6.21. The van der Waals surface area contributed by atoms with Gasteiger partial charge >= 0.3 is 0 Å². The maximum Gasteiger partial charge on any atom is 0.105 e. The Balaban J connectivity index is 2.04. The second-order valence-corrected chi connectivity index (χ2v) is 6.71. The number of hydrogen-bond acceptors (Lipinski definition) is 2. The van der Waals surface area contributed by atoms with Gasteiger partial charge in [0.25, 0.3) is 0 Å². The maximum atomic E-state index is 5.68. The number of anilines is 1. The third-order valence-corrected chi connectivity index (χ3v) is 4.79. The lowest BCUT2D eigenvalue weighted by Gasteiger charge is -2.28. The Labute approximate surface area is 129 Å². The van der Waals surface area contributed by atoms with Gasteiger partial charge in [-0.2, -0.15) is 0 Å². The molecule has 0 saturated heterocycles. The molecule has 0 spiro atoms. The molecule has 1 aliphatic carbocycles. The van der Waals surface area contributed by atoms with Gasteiger partial charge in [0.05, 0.1) is 0 Å². The van der Waals surface area contributed by atoms with Gasteiger partial charge in [0.15, 0.2) is 0 Å². The zero-order valence-electron chi connectivity index (χ0n) is 11.4. The number of thiocarbonyl (C=S) groups is 1. The number of benzene rings is 1. The summed E-state index contributed by atoms with van der Waals surface area (Å²) >= 11 is 8.57. The number of nitrogens with zero attached hydrogens (tertiary/aromatic N) is 1. The largest absolute Gasteiger partial charge is 0.389 e. The molecule has 2 nitrogen and oxygen atoms in total. The topological polar surface area (TPSA) is 29.3 Å². The third-order valence-electron chi connectivity index (χ3n) is 3.92. The van der Waals surface area contributed by atoms with Crippen molar-refractivity contribution in [3.05, 3.63) is 28.2 Å². The van der Waals surface area contributed by atoms with E-state index < -0.39 is 0 Å². The van der Waals surface area contributed by atoms with Gasteiger partial charge in [-0.3, -0.25) is 0 Å². The minimum Gasteiger partial charge on any atom is -0.389 e. The summed E-state index contributed by atoms with van der Waals surface area (Å²) in [7, 11) is 2.16. The Morgan fingerprint density at radius 1 is 1.37 bits per heavy atom. The lowest BCUT2D eigenvalue weighted by Crippen LogP contribution is -2.26. The van der Waals surface area contributed by atoms with Crippen molar-refractivity contribution in [1.82, 2.24) is 0 Å². The van der Waals surface area contributed by atoms with Crippen LogP contribution in [0.15, 0.2) is 22.7 Å². The molecule has 2 rings (SSSR count). The van der Waals surface area contributed by atoms with Crippen molar-refractivity contribution in [3.63, 3.8) is 0 Å². The van der Waals surface area contributed by atoms with E-state index in [0.29, 0.717) is 4.99 Å². The first-order valence-electron chi connectivity index (χ1n) is 6.88. The molecule has 0 radical (unpaired) electrons.